The van der Waals surface area contributed by atoms with Crippen molar-refractivity contribution < 1.29 is 29.0 Å². The fourth-order valence-electron chi connectivity index (χ4n) is 3.04. The molecule has 1 rings (SSSR count). The SMILES string of the molecule is CCCC1CC(C(=O)OCC)(C(=O)OCC)N(C(C)=O)C1O. The van der Waals surface area contributed by atoms with Crippen LogP contribution in [0.1, 0.15) is 47.0 Å². The van der Waals surface area contributed by atoms with Crippen LogP contribution < -0.4 is 0 Å². The Balaban J connectivity index is 3.33. The summed E-state index contributed by atoms with van der Waals surface area (Å²) in [5, 5.41) is 10.4. The van der Waals surface area contributed by atoms with Crippen LogP contribution in [-0.4, -0.2) is 52.8 Å². The van der Waals surface area contributed by atoms with Crippen LogP contribution in [0.5, 0.6) is 0 Å². The fraction of sp³-hybridized carbons (Fsp3) is 0.800. The molecule has 7 nitrogen and oxygen atoms in total. The molecule has 1 saturated heterocycles. The minimum atomic E-state index is -1.89. The summed E-state index contributed by atoms with van der Waals surface area (Å²) < 4.78 is 10.0. The average Bonchev–Trinajstić information content (AvgIpc) is 2.74. The molecule has 0 aliphatic carbocycles. The Morgan fingerprint density at radius 1 is 1.14 bits per heavy atom. The molecule has 1 aliphatic heterocycles. The van der Waals surface area contributed by atoms with Gasteiger partial charge in [0.15, 0.2) is 0 Å². The van der Waals surface area contributed by atoms with Gasteiger partial charge in [0.25, 0.3) is 0 Å². The van der Waals surface area contributed by atoms with Gasteiger partial charge in [-0.15, -0.1) is 0 Å². The molecule has 1 N–H and O–H groups in total. The van der Waals surface area contributed by atoms with Crippen molar-refractivity contribution in [1.29, 1.82) is 0 Å². The zero-order chi connectivity index (χ0) is 16.9. The Kier molecular flexibility index (Phi) is 6.34. The van der Waals surface area contributed by atoms with Crippen LogP contribution >= 0.6 is 0 Å². The molecule has 0 aromatic carbocycles. The molecule has 0 radical (unpaired) electrons. The van der Waals surface area contributed by atoms with Crippen molar-refractivity contribution in [3.63, 3.8) is 0 Å². The standard InChI is InChI=1S/C15H25NO6/c1-5-8-11-9-15(13(19)21-6-2,14(20)22-7-3)16(10(4)17)12(11)18/h11-12,18H,5-9H2,1-4H3. The largest absolute Gasteiger partial charge is 0.464 e. The first-order valence-electron chi connectivity index (χ1n) is 7.69. The van der Waals surface area contributed by atoms with Gasteiger partial charge in [-0.3, -0.25) is 9.69 Å². The van der Waals surface area contributed by atoms with Gasteiger partial charge in [-0.05, 0) is 26.7 Å². The van der Waals surface area contributed by atoms with Gasteiger partial charge in [-0.25, -0.2) is 9.59 Å². The van der Waals surface area contributed by atoms with E-state index in [2.05, 4.69) is 0 Å². The molecule has 22 heavy (non-hydrogen) atoms. The zero-order valence-electron chi connectivity index (χ0n) is 13.6. The summed E-state index contributed by atoms with van der Waals surface area (Å²) in [7, 11) is 0. The van der Waals surface area contributed by atoms with E-state index in [1.54, 1.807) is 13.8 Å². The van der Waals surface area contributed by atoms with Crippen LogP contribution in [0, 0.1) is 5.92 Å². The quantitative estimate of drug-likeness (QED) is 0.576. The van der Waals surface area contributed by atoms with Crippen molar-refractivity contribution in [3.05, 3.63) is 0 Å². The number of esters is 2. The van der Waals surface area contributed by atoms with Crippen molar-refractivity contribution in [1.82, 2.24) is 4.90 Å². The number of ether oxygens (including phenoxy) is 2. The number of aliphatic hydroxyl groups excluding tert-OH is 1. The Labute approximate surface area is 130 Å². The van der Waals surface area contributed by atoms with Crippen LogP contribution in [-0.2, 0) is 23.9 Å². The summed E-state index contributed by atoms with van der Waals surface area (Å²) in [6.07, 6.45) is 0.159. The van der Waals surface area contributed by atoms with Gasteiger partial charge in [0.05, 0.1) is 13.2 Å². The van der Waals surface area contributed by atoms with E-state index in [-0.39, 0.29) is 25.6 Å². The van der Waals surface area contributed by atoms with Crippen LogP contribution in [0.2, 0.25) is 0 Å². The number of hydrogen-bond acceptors (Lipinski definition) is 6. The maximum absolute atomic E-state index is 12.5. The molecule has 1 amide bonds. The molecule has 1 heterocycles. The minimum Gasteiger partial charge on any atom is -0.464 e. The monoisotopic (exact) mass is 315 g/mol. The molecule has 2 unspecified atom stereocenters. The molecule has 126 valence electrons. The molecule has 0 bridgehead atoms. The Hall–Kier alpha value is -1.63. The van der Waals surface area contributed by atoms with Crippen LogP contribution in [0.3, 0.4) is 0 Å². The van der Waals surface area contributed by atoms with E-state index in [1.807, 2.05) is 6.92 Å². The van der Waals surface area contributed by atoms with Crippen molar-refractivity contribution in [2.45, 2.75) is 58.7 Å². The van der Waals surface area contributed by atoms with Crippen molar-refractivity contribution in [2.24, 2.45) is 5.92 Å². The van der Waals surface area contributed by atoms with E-state index in [1.165, 1.54) is 6.92 Å². The van der Waals surface area contributed by atoms with Gasteiger partial charge < -0.3 is 14.6 Å². The number of carbonyl (C=O) groups excluding carboxylic acids is 3. The number of amides is 1. The highest BCUT2D eigenvalue weighted by Gasteiger charge is 2.63. The Bertz CT molecular complexity index is 418. The Morgan fingerprint density at radius 2 is 1.64 bits per heavy atom. The van der Waals surface area contributed by atoms with E-state index in [9.17, 15) is 19.5 Å². The third-order valence-corrected chi connectivity index (χ3v) is 3.88. The molecule has 0 saturated carbocycles. The highest BCUT2D eigenvalue weighted by atomic mass is 16.6. The third kappa shape index (κ3) is 3.09. The van der Waals surface area contributed by atoms with E-state index in [0.29, 0.717) is 6.42 Å². The number of carbonyl (C=O) groups is 3. The molecule has 1 fully saturated rings. The van der Waals surface area contributed by atoms with Gasteiger partial charge >= 0.3 is 11.9 Å². The summed E-state index contributed by atoms with van der Waals surface area (Å²) in [4.78, 5) is 37.8. The fourth-order valence-corrected chi connectivity index (χ4v) is 3.04. The molecular formula is C15H25NO6. The molecule has 1 aliphatic rings. The number of hydrogen-bond donors (Lipinski definition) is 1. The second-order valence-electron chi connectivity index (χ2n) is 5.36. The van der Waals surface area contributed by atoms with E-state index in [4.69, 9.17) is 9.47 Å². The lowest BCUT2D eigenvalue weighted by Gasteiger charge is -2.34. The maximum Gasteiger partial charge on any atom is 0.344 e. The molecule has 0 spiro atoms. The van der Waals surface area contributed by atoms with E-state index in [0.717, 1.165) is 11.3 Å². The lowest BCUT2D eigenvalue weighted by Crippen LogP contribution is -2.61. The van der Waals surface area contributed by atoms with Crippen LogP contribution in [0.4, 0.5) is 0 Å². The highest BCUT2D eigenvalue weighted by Crippen LogP contribution is 2.41. The number of likely N-dealkylation sites (tertiary alicyclic amines) is 1. The van der Waals surface area contributed by atoms with Crippen LogP contribution in [0.25, 0.3) is 0 Å². The lowest BCUT2D eigenvalue weighted by molar-refractivity contribution is -0.182. The van der Waals surface area contributed by atoms with Crippen molar-refractivity contribution in [2.75, 3.05) is 13.2 Å². The lowest BCUT2D eigenvalue weighted by atomic mass is 9.89. The van der Waals surface area contributed by atoms with Gasteiger partial charge in [-0.2, -0.15) is 0 Å². The average molecular weight is 315 g/mol. The molecule has 0 aromatic heterocycles. The summed E-state index contributed by atoms with van der Waals surface area (Å²) in [6.45, 7) is 6.51. The van der Waals surface area contributed by atoms with Gasteiger partial charge in [0.1, 0.15) is 6.23 Å². The normalized spacial score (nSPS) is 23.2. The topological polar surface area (TPSA) is 93.1 Å². The predicted molar refractivity (Wildman–Crippen MR) is 77.5 cm³/mol. The van der Waals surface area contributed by atoms with Crippen LogP contribution in [0.15, 0.2) is 0 Å². The molecule has 7 heteroatoms. The summed E-state index contributed by atoms with van der Waals surface area (Å²) >= 11 is 0. The first kappa shape index (κ1) is 18.4. The smallest absolute Gasteiger partial charge is 0.344 e. The van der Waals surface area contributed by atoms with E-state index >= 15 is 0 Å². The second-order valence-corrected chi connectivity index (χ2v) is 5.36. The number of aliphatic hydroxyl groups is 1. The Morgan fingerprint density at radius 3 is 2.00 bits per heavy atom. The summed E-state index contributed by atoms with van der Waals surface area (Å²) in [6, 6.07) is 0. The second kappa shape index (κ2) is 7.58. The molecule has 2 atom stereocenters. The van der Waals surface area contributed by atoms with Crippen molar-refractivity contribution >= 4 is 17.8 Å². The zero-order valence-corrected chi connectivity index (χ0v) is 13.6. The maximum atomic E-state index is 12.5. The molecule has 0 aromatic rings. The van der Waals surface area contributed by atoms with E-state index < -0.39 is 29.6 Å². The summed E-state index contributed by atoms with van der Waals surface area (Å²) in [5.74, 6) is -2.63. The van der Waals surface area contributed by atoms with Gasteiger partial charge in [-0.1, -0.05) is 13.3 Å². The van der Waals surface area contributed by atoms with Gasteiger partial charge in [0.2, 0.25) is 11.4 Å². The minimum absolute atomic E-state index is 0.0131. The number of nitrogens with zero attached hydrogens (tertiary/aromatic N) is 1. The highest BCUT2D eigenvalue weighted by molar-refractivity contribution is 6.08. The summed E-state index contributed by atoms with van der Waals surface area (Å²) in [5.41, 5.74) is -1.89. The third-order valence-electron chi connectivity index (χ3n) is 3.88. The van der Waals surface area contributed by atoms with Crippen molar-refractivity contribution in [3.8, 4) is 0 Å². The number of rotatable bonds is 6. The predicted octanol–water partition coefficient (Wildman–Crippen LogP) is 0.838. The first-order chi connectivity index (χ1) is 10.4. The van der Waals surface area contributed by atoms with Gasteiger partial charge in [0, 0.05) is 12.8 Å². The molecular weight excluding hydrogens is 290 g/mol. The first-order valence-corrected chi connectivity index (χ1v) is 7.69.